The molecule has 48 heavy (non-hydrogen) atoms. The van der Waals surface area contributed by atoms with Gasteiger partial charge in [-0.25, -0.2) is 0 Å². The number of likely N-dealkylation sites (N-methyl/N-ethyl adjacent to an activating group) is 1. The maximum atomic E-state index is 14.2. The predicted molar refractivity (Wildman–Crippen MR) is 190 cm³/mol. The lowest BCUT2D eigenvalue weighted by molar-refractivity contribution is -0.136. The molecule has 0 spiro atoms. The summed E-state index contributed by atoms with van der Waals surface area (Å²) in [5, 5.41) is 8.01. The molecule has 0 fully saturated rings. The standard InChI is InChI=1S/C39H47N5O4/c1-44(2)39(48)34(17-8-9-20-40)42-38(47)33(21-27-11-4-3-5-12-27)25-36(45)35(43-37(46)32-16-10-13-29(23-32)26-41)24-28-18-19-30-14-6-7-15-31(30)22-28/h3-7,10-16,18-19,22-23,33-35H,8-9,17,20-21,24-26,40-41H2,1-2H3,(H,42,47)(H,43,46)/t33-,34?,35-/m0/s1. The van der Waals surface area contributed by atoms with E-state index in [0.717, 1.165) is 33.9 Å². The maximum Gasteiger partial charge on any atom is 0.251 e. The van der Waals surface area contributed by atoms with E-state index in [-0.39, 0.29) is 37.0 Å². The van der Waals surface area contributed by atoms with Crippen LogP contribution >= 0.6 is 0 Å². The van der Waals surface area contributed by atoms with Crippen LogP contribution in [0, 0.1) is 5.92 Å². The summed E-state index contributed by atoms with van der Waals surface area (Å²) in [5.41, 5.74) is 14.5. The van der Waals surface area contributed by atoms with Crippen molar-refractivity contribution in [2.24, 2.45) is 17.4 Å². The molecule has 9 nitrogen and oxygen atoms in total. The SMILES string of the molecule is CN(C)C(=O)C(CCCCN)NC(=O)[C@H](CC(=O)[C@H](Cc1ccc2ccccc2c1)NC(=O)c1cccc(CN)c1)Cc1ccccc1. The molecule has 0 heterocycles. The largest absolute Gasteiger partial charge is 0.347 e. The van der Waals surface area contributed by atoms with Gasteiger partial charge in [-0.1, -0.05) is 84.9 Å². The summed E-state index contributed by atoms with van der Waals surface area (Å²) >= 11 is 0. The number of hydrogen-bond acceptors (Lipinski definition) is 6. The first-order valence-corrected chi connectivity index (χ1v) is 16.5. The Bertz CT molecular complexity index is 1690. The fourth-order valence-corrected chi connectivity index (χ4v) is 5.82. The van der Waals surface area contributed by atoms with Crippen LogP contribution in [-0.4, -0.2) is 61.1 Å². The molecule has 0 aliphatic carbocycles. The highest BCUT2D eigenvalue weighted by atomic mass is 16.2. The molecule has 4 rings (SSSR count). The first-order valence-electron chi connectivity index (χ1n) is 16.5. The van der Waals surface area contributed by atoms with Crippen LogP contribution in [0.3, 0.4) is 0 Å². The van der Waals surface area contributed by atoms with Gasteiger partial charge in [0.25, 0.3) is 5.91 Å². The van der Waals surface area contributed by atoms with Crippen LogP contribution in [0.2, 0.25) is 0 Å². The zero-order chi connectivity index (χ0) is 34.5. The number of benzene rings is 4. The van der Waals surface area contributed by atoms with Gasteiger partial charge in [-0.15, -0.1) is 0 Å². The molecular weight excluding hydrogens is 602 g/mol. The van der Waals surface area contributed by atoms with E-state index in [0.29, 0.717) is 31.4 Å². The van der Waals surface area contributed by atoms with Gasteiger partial charge in [-0.2, -0.15) is 0 Å². The average Bonchev–Trinajstić information content (AvgIpc) is 3.10. The molecule has 4 aromatic carbocycles. The van der Waals surface area contributed by atoms with Crippen molar-refractivity contribution in [2.75, 3.05) is 20.6 Å². The lowest BCUT2D eigenvalue weighted by atomic mass is 9.89. The number of nitrogens with zero attached hydrogens (tertiary/aromatic N) is 1. The Morgan fingerprint density at radius 1 is 0.688 bits per heavy atom. The van der Waals surface area contributed by atoms with E-state index < -0.39 is 23.9 Å². The minimum absolute atomic E-state index is 0.131. The summed E-state index contributed by atoms with van der Waals surface area (Å²) in [7, 11) is 3.30. The summed E-state index contributed by atoms with van der Waals surface area (Å²) in [5.74, 6) is -2.05. The summed E-state index contributed by atoms with van der Waals surface area (Å²) in [6, 6.07) is 28.7. The number of nitrogens with one attached hydrogen (secondary N) is 2. The van der Waals surface area contributed by atoms with Crippen LogP contribution in [-0.2, 0) is 33.8 Å². The first-order chi connectivity index (χ1) is 23.2. The molecular formula is C39H47N5O4. The normalized spacial score (nSPS) is 12.9. The third kappa shape index (κ3) is 10.3. The third-order valence-corrected chi connectivity index (χ3v) is 8.52. The van der Waals surface area contributed by atoms with Crippen molar-refractivity contribution in [1.29, 1.82) is 0 Å². The lowest BCUT2D eigenvalue weighted by Crippen LogP contribution is -2.49. The zero-order valence-electron chi connectivity index (χ0n) is 27.9. The fraction of sp³-hybridized carbons (Fsp3) is 0.333. The van der Waals surface area contributed by atoms with Gasteiger partial charge in [0.1, 0.15) is 6.04 Å². The van der Waals surface area contributed by atoms with Crippen LogP contribution in [0.5, 0.6) is 0 Å². The van der Waals surface area contributed by atoms with Crippen LogP contribution in [0.1, 0.15) is 52.7 Å². The highest BCUT2D eigenvalue weighted by Crippen LogP contribution is 2.20. The number of ketones is 1. The van der Waals surface area contributed by atoms with Gasteiger partial charge in [0.2, 0.25) is 11.8 Å². The molecule has 4 aromatic rings. The minimum atomic E-state index is -0.907. The Morgan fingerprint density at radius 2 is 1.40 bits per heavy atom. The number of amides is 3. The molecule has 0 aromatic heterocycles. The molecule has 0 radical (unpaired) electrons. The highest BCUT2D eigenvalue weighted by molar-refractivity contribution is 5.99. The Kier molecular flexibility index (Phi) is 13.4. The first kappa shape index (κ1) is 36.0. The molecule has 0 saturated heterocycles. The monoisotopic (exact) mass is 649 g/mol. The van der Waals surface area contributed by atoms with E-state index in [1.54, 1.807) is 32.3 Å². The van der Waals surface area contributed by atoms with Crippen molar-refractivity contribution >= 4 is 34.3 Å². The Hall–Kier alpha value is -4.86. The molecule has 0 bridgehead atoms. The molecule has 3 atom stereocenters. The van der Waals surface area contributed by atoms with Crippen LogP contribution in [0.4, 0.5) is 0 Å². The number of hydrogen-bond donors (Lipinski definition) is 4. The van der Waals surface area contributed by atoms with Gasteiger partial charge < -0.3 is 27.0 Å². The second kappa shape index (κ2) is 17.9. The molecule has 0 aliphatic heterocycles. The summed E-state index contributed by atoms with van der Waals surface area (Å²) in [6.07, 6.45) is 2.24. The van der Waals surface area contributed by atoms with Gasteiger partial charge in [0.05, 0.1) is 6.04 Å². The number of carbonyl (C=O) groups is 4. The van der Waals surface area contributed by atoms with E-state index in [1.807, 2.05) is 78.9 Å². The topological polar surface area (TPSA) is 148 Å². The van der Waals surface area contributed by atoms with E-state index in [4.69, 9.17) is 11.5 Å². The van der Waals surface area contributed by atoms with E-state index in [9.17, 15) is 19.2 Å². The molecule has 3 amide bonds. The second-order valence-corrected chi connectivity index (χ2v) is 12.5. The smallest absolute Gasteiger partial charge is 0.251 e. The van der Waals surface area contributed by atoms with Crippen molar-refractivity contribution in [3.8, 4) is 0 Å². The number of nitrogens with two attached hydrogens (primary N) is 2. The number of fused-ring (bicyclic) bond motifs is 1. The summed E-state index contributed by atoms with van der Waals surface area (Å²) < 4.78 is 0. The Labute approximate surface area is 283 Å². The van der Waals surface area contributed by atoms with Gasteiger partial charge in [-0.05, 0) is 78.2 Å². The molecule has 6 N–H and O–H groups in total. The van der Waals surface area contributed by atoms with Crippen LogP contribution in [0.15, 0.2) is 97.1 Å². The quantitative estimate of drug-likeness (QED) is 0.126. The molecule has 252 valence electrons. The fourth-order valence-electron chi connectivity index (χ4n) is 5.82. The van der Waals surface area contributed by atoms with Crippen molar-refractivity contribution in [3.63, 3.8) is 0 Å². The predicted octanol–water partition coefficient (Wildman–Crippen LogP) is 4.16. The molecule has 9 heteroatoms. The van der Waals surface area contributed by atoms with E-state index in [2.05, 4.69) is 10.6 Å². The molecule has 1 unspecified atom stereocenters. The van der Waals surface area contributed by atoms with Gasteiger partial charge in [0, 0.05) is 38.5 Å². The van der Waals surface area contributed by atoms with Gasteiger partial charge in [0.15, 0.2) is 5.78 Å². The van der Waals surface area contributed by atoms with Crippen molar-refractivity contribution in [3.05, 3.63) is 119 Å². The van der Waals surface area contributed by atoms with Gasteiger partial charge in [-0.3, -0.25) is 19.2 Å². The van der Waals surface area contributed by atoms with Gasteiger partial charge >= 0.3 is 0 Å². The zero-order valence-corrected chi connectivity index (χ0v) is 27.9. The Morgan fingerprint density at radius 3 is 2.10 bits per heavy atom. The average molecular weight is 650 g/mol. The van der Waals surface area contributed by atoms with Crippen molar-refractivity contribution in [2.45, 2.75) is 57.2 Å². The lowest BCUT2D eigenvalue weighted by Gasteiger charge is -2.26. The number of unbranched alkanes of at least 4 members (excludes halogenated alkanes) is 1. The summed E-state index contributed by atoms with van der Waals surface area (Å²) in [4.78, 5) is 56.2. The Balaban J connectivity index is 1.62. The number of Topliss-reactive ketones (excluding diaryl/α,β-unsaturated/α-hetero) is 1. The minimum Gasteiger partial charge on any atom is -0.347 e. The second-order valence-electron chi connectivity index (χ2n) is 12.5. The van der Waals surface area contributed by atoms with E-state index in [1.165, 1.54) is 4.90 Å². The maximum absolute atomic E-state index is 14.2. The van der Waals surface area contributed by atoms with Crippen molar-refractivity contribution in [1.82, 2.24) is 15.5 Å². The van der Waals surface area contributed by atoms with Crippen LogP contribution in [0.25, 0.3) is 10.8 Å². The molecule has 0 saturated carbocycles. The van der Waals surface area contributed by atoms with Crippen molar-refractivity contribution < 1.29 is 19.2 Å². The summed E-state index contributed by atoms with van der Waals surface area (Å²) in [6.45, 7) is 0.767. The third-order valence-electron chi connectivity index (χ3n) is 8.52. The molecule has 0 aliphatic rings. The van der Waals surface area contributed by atoms with Crippen LogP contribution < -0.4 is 22.1 Å². The van der Waals surface area contributed by atoms with E-state index >= 15 is 0 Å². The highest BCUT2D eigenvalue weighted by Gasteiger charge is 2.31. The number of rotatable bonds is 17. The number of carbonyl (C=O) groups excluding carboxylic acids is 4.